The van der Waals surface area contributed by atoms with Crippen molar-refractivity contribution in [3.8, 4) is 0 Å². The van der Waals surface area contributed by atoms with Crippen molar-refractivity contribution < 1.29 is 17.6 Å². The number of anilines is 1. The van der Waals surface area contributed by atoms with Crippen molar-refractivity contribution in [1.82, 2.24) is 10.3 Å². The molecule has 3 nitrogen and oxygen atoms in total. The Morgan fingerprint density at radius 3 is 2.58 bits per heavy atom. The average molecular weight is 279 g/mol. The highest BCUT2D eigenvalue weighted by atomic mass is 19.4. The molecule has 0 fully saturated rings. The van der Waals surface area contributed by atoms with E-state index < -0.39 is 18.5 Å². The molecule has 0 amide bonds. The maximum absolute atomic E-state index is 13.1. The molecule has 0 saturated carbocycles. The molecule has 1 aromatic rings. The zero-order chi connectivity index (χ0) is 14.5. The first-order chi connectivity index (χ1) is 8.87. The summed E-state index contributed by atoms with van der Waals surface area (Å²) in [4.78, 5) is 4.94. The van der Waals surface area contributed by atoms with Crippen LogP contribution in [0.5, 0.6) is 0 Å². The smallest absolute Gasteiger partial charge is 0.347 e. The first-order valence-corrected chi connectivity index (χ1v) is 5.98. The van der Waals surface area contributed by atoms with Gasteiger partial charge in [0.05, 0.1) is 6.20 Å². The van der Waals surface area contributed by atoms with E-state index in [4.69, 9.17) is 0 Å². The van der Waals surface area contributed by atoms with Crippen molar-refractivity contribution in [3.05, 3.63) is 23.6 Å². The van der Waals surface area contributed by atoms with Crippen molar-refractivity contribution in [2.75, 3.05) is 25.0 Å². The lowest BCUT2D eigenvalue weighted by Crippen LogP contribution is -2.36. The number of rotatable bonds is 6. The largest absolute Gasteiger partial charge is 0.405 e. The van der Waals surface area contributed by atoms with Gasteiger partial charge < -0.3 is 10.2 Å². The molecule has 0 unspecified atom stereocenters. The minimum atomic E-state index is -4.32. The highest BCUT2D eigenvalue weighted by Crippen LogP contribution is 2.24. The Kier molecular flexibility index (Phi) is 5.53. The van der Waals surface area contributed by atoms with Crippen molar-refractivity contribution >= 4 is 5.82 Å². The number of hydrogen-bond donors (Lipinski definition) is 1. The summed E-state index contributed by atoms with van der Waals surface area (Å²) >= 11 is 0. The number of alkyl halides is 3. The summed E-state index contributed by atoms with van der Waals surface area (Å²) in [5.41, 5.74) is 0.417. The van der Waals surface area contributed by atoms with E-state index in [0.29, 0.717) is 12.0 Å². The van der Waals surface area contributed by atoms with Crippen LogP contribution < -0.4 is 10.2 Å². The van der Waals surface area contributed by atoms with E-state index in [1.165, 1.54) is 6.07 Å². The van der Waals surface area contributed by atoms with E-state index in [2.05, 4.69) is 10.3 Å². The Balaban J connectivity index is 3.06. The predicted octanol–water partition coefficient (Wildman–Crippen LogP) is 2.72. The number of nitrogens with zero attached hydrogens (tertiary/aromatic N) is 2. The Labute approximate surface area is 109 Å². The fourth-order valence-corrected chi connectivity index (χ4v) is 1.83. The zero-order valence-corrected chi connectivity index (χ0v) is 10.9. The van der Waals surface area contributed by atoms with E-state index in [9.17, 15) is 17.6 Å². The first-order valence-electron chi connectivity index (χ1n) is 5.98. The van der Waals surface area contributed by atoms with Crippen molar-refractivity contribution in [1.29, 1.82) is 0 Å². The van der Waals surface area contributed by atoms with Gasteiger partial charge in [-0.15, -0.1) is 0 Å². The molecule has 1 rings (SSSR count). The van der Waals surface area contributed by atoms with E-state index in [1.54, 1.807) is 14.0 Å². The van der Waals surface area contributed by atoms with Crippen LogP contribution in [-0.4, -0.2) is 31.3 Å². The minimum Gasteiger partial charge on any atom is -0.347 e. The summed E-state index contributed by atoms with van der Waals surface area (Å²) in [6.45, 7) is 1.17. The standard InChI is InChI=1S/C12H17F4N3/c1-3-4-19(8-12(14,15)16)11-9(6-17-2)5-10(13)7-18-11/h5,7,17H,3-4,6,8H2,1-2H3. The van der Waals surface area contributed by atoms with Crippen LogP contribution in [0.15, 0.2) is 12.3 Å². The molecule has 0 aliphatic heterocycles. The molecule has 0 aliphatic carbocycles. The van der Waals surface area contributed by atoms with Crippen LogP contribution in [0.3, 0.4) is 0 Å². The molecule has 1 N–H and O–H groups in total. The second kappa shape index (κ2) is 6.70. The lowest BCUT2D eigenvalue weighted by Gasteiger charge is -2.26. The van der Waals surface area contributed by atoms with Crippen molar-refractivity contribution in [2.45, 2.75) is 26.1 Å². The summed E-state index contributed by atoms with van der Waals surface area (Å²) in [6.07, 6.45) is -2.83. The Morgan fingerprint density at radius 1 is 1.37 bits per heavy atom. The molecule has 1 aromatic heterocycles. The van der Waals surface area contributed by atoms with E-state index >= 15 is 0 Å². The Bertz CT molecular complexity index is 406. The maximum atomic E-state index is 13.1. The summed E-state index contributed by atoms with van der Waals surface area (Å²) in [6, 6.07) is 1.21. The van der Waals surface area contributed by atoms with Gasteiger partial charge in [-0.25, -0.2) is 9.37 Å². The molecule has 19 heavy (non-hydrogen) atoms. The Hall–Kier alpha value is -1.37. The molecule has 0 bridgehead atoms. The minimum absolute atomic E-state index is 0.176. The quantitative estimate of drug-likeness (QED) is 0.812. The molecule has 0 aromatic carbocycles. The van der Waals surface area contributed by atoms with Crippen molar-refractivity contribution in [3.63, 3.8) is 0 Å². The first kappa shape index (κ1) is 15.7. The van der Waals surface area contributed by atoms with Gasteiger partial charge in [-0.3, -0.25) is 0 Å². The molecular formula is C12H17F4N3. The molecule has 7 heteroatoms. The van der Waals surface area contributed by atoms with Crippen LogP contribution in [0.1, 0.15) is 18.9 Å². The number of hydrogen-bond acceptors (Lipinski definition) is 3. The van der Waals surface area contributed by atoms with E-state index in [-0.39, 0.29) is 18.9 Å². The van der Waals surface area contributed by atoms with Crippen LogP contribution >= 0.6 is 0 Å². The van der Waals surface area contributed by atoms with E-state index in [0.717, 1.165) is 11.1 Å². The number of aromatic nitrogens is 1. The van der Waals surface area contributed by atoms with Gasteiger partial charge in [-0.1, -0.05) is 6.92 Å². The number of nitrogens with one attached hydrogen (secondary N) is 1. The molecule has 0 atom stereocenters. The fourth-order valence-electron chi connectivity index (χ4n) is 1.83. The maximum Gasteiger partial charge on any atom is 0.405 e. The monoisotopic (exact) mass is 279 g/mol. The average Bonchev–Trinajstić information content (AvgIpc) is 2.27. The highest BCUT2D eigenvalue weighted by Gasteiger charge is 2.31. The third-order valence-electron chi connectivity index (χ3n) is 2.44. The molecule has 0 spiro atoms. The van der Waals surface area contributed by atoms with Gasteiger partial charge >= 0.3 is 6.18 Å². The number of halogens is 4. The Morgan fingerprint density at radius 2 is 2.05 bits per heavy atom. The number of pyridine rings is 1. The fraction of sp³-hybridized carbons (Fsp3) is 0.583. The van der Waals surface area contributed by atoms with Gasteiger partial charge in [0.25, 0.3) is 0 Å². The van der Waals surface area contributed by atoms with E-state index in [1.807, 2.05) is 0 Å². The topological polar surface area (TPSA) is 28.2 Å². The second-order valence-electron chi connectivity index (χ2n) is 4.20. The summed E-state index contributed by atoms with van der Waals surface area (Å²) < 4.78 is 50.8. The van der Waals surface area contributed by atoms with Crippen molar-refractivity contribution in [2.24, 2.45) is 0 Å². The van der Waals surface area contributed by atoms with Crippen LogP contribution in [0.25, 0.3) is 0 Å². The van der Waals surface area contributed by atoms with Crippen LogP contribution in [0, 0.1) is 5.82 Å². The molecule has 1 heterocycles. The molecule has 0 radical (unpaired) electrons. The highest BCUT2D eigenvalue weighted by molar-refractivity contribution is 5.47. The third kappa shape index (κ3) is 5.02. The SMILES string of the molecule is CCCN(CC(F)(F)F)c1ncc(F)cc1CNC. The van der Waals surface area contributed by atoms with Crippen LogP contribution in [-0.2, 0) is 6.54 Å². The zero-order valence-electron chi connectivity index (χ0n) is 10.9. The van der Waals surface area contributed by atoms with Gasteiger partial charge in [-0.05, 0) is 19.5 Å². The molecule has 0 aliphatic rings. The van der Waals surface area contributed by atoms with Gasteiger partial charge in [0, 0.05) is 18.7 Å². The molecule has 108 valence electrons. The second-order valence-corrected chi connectivity index (χ2v) is 4.20. The lowest BCUT2D eigenvalue weighted by molar-refractivity contribution is -0.119. The van der Waals surface area contributed by atoms with Crippen LogP contribution in [0.2, 0.25) is 0 Å². The van der Waals surface area contributed by atoms with Crippen LogP contribution in [0.4, 0.5) is 23.4 Å². The molecular weight excluding hydrogens is 262 g/mol. The van der Waals surface area contributed by atoms with Gasteiger partial charge in [-0.2, -0.15) is 13.2 Å². The summed E-state index contributed by atoms with van der Waals surface area (Å²) in [5, 5.41) is 2.80. The predicted molar refractivity (Wildman–Crippen MR) is 65.5 cm³/mol. The third-order valence-corrected chi connectivity index (χ3v) is 2.44. The normalized spacial score (nSPS) is 11.7. The van der Waals surface area contributed by atoms with Gasteiger partial charge in [0.2, 0.25) is 0 Å². The summed E-state index contributed by atoms with van der Waals surface area (Å²) in [7, 11) is 1.64. The lowest BCUT2D eigenvalue weighted by atomic mass is 10.2. The van der Waals surface area contributed by atoms with Gasteiger partial charge in [0.15, 0.2) is 0 Å². The molecule has 0 saturated heterocycles. The van der Waals surface area contributed by atoms with Gasteiger partial charge in [0.1, 0.15) is 18.2 Å². The summed E-state index contributed by atoms with van der Waals surface area (Å²) in [5.74, 6) is -0.382.